The fourth-order valence-corrected chi connectivity index (χ4v) is 4.57. The van der Waals surface area contributed by atoms with Gasteiger partial charge in [-0.15, -0.1) is 0 Å². The van der Waals surface area contributed by atoms with E-state index < -0.39 is 0 Å². The summed E-state index contributed by atoms with van der Waals surface area (Å²) in [4.78, 5) is 16.7. The first-order valence-corrected chi connectivity index (χ1v) is 16.2. The molecule has 0 aliphatic carbocycles. The number of esters is 1. The Labute approximate surface area is 245 Å². The van der Waals surface area contributed by atoms with Crippen LogP contribution in [0.15, 0.2) is 53.5 Å². The standard InChI is InChI=1S/C36H55NO3/c1-4-6-7-8-9-10-11-12-13-14-15-16-17-18-19-28-39-35-26-24-34(25-27-35)37-29-32-20-22-33(23-21-32)36(38)40-30-31(3)5-2/h20-27,29,31H,4-19,28,30H2,1-3H3. The molecule has 1 atom stereocenters. The van der Waals surface area contributed by atoms with Gasteiger partial charge in [0.05, 0.1) is 24.5 Å². The van der Waals surface area contributed by atoms with Crippen LogP contribution in [-0.4, -0.2) is 25.4 Å². The summed E-state index contributed by atoms with van der Waals surface area (Å²) in [5.74, 6) is 0.995. The number of carbonyl (C=O) groups excluding carboxylic acids is 1. The SMILES string of the molecule is CCCCCCCCCCCCCCCCCOc1ccc(N=Cc2ccc(C(=O)OCC(C)CC)cc2)cc1. The minimum Gasteiger partial charge on any atom is -0.494 e. The smallest absolute Gasteiger partial charge is 0.338 e. The molecular weight excluding hydrogens is 494 g/mol. The Kier molecular flexibility index (Phi) is 18.6. The highest BCUT2D eigenvalue weighted by Crippen LogP contribution is 2.19. The highest BCUT2D eigenvalue weighted by atomic mass is 16.5. The quantitative estimate of drug-likeness (QED) is 0.0786. The molecule has 0 aliphatic heterocycles. The van der Waals surface area contributed by atoms with Crippen molar-refractivity contribution < 1.29 is 14.3 Å². The van der Waals surface area contributed by atoms with Crippen molar-refractivity contribution in [1.82, 2.24) is 0 Å². The molecule has 4 heteroatoms. The Balaban J connectivity index is 1.50. The predicted octanol–water partition coefficient (Wildman–Crippen LogP) is 10.9. The van der Waals surface area contributed by atoms with Crippen molar-refractivity contribution in [2.45, 2.75) is 124 Å². The predicted molar refractivity (Wildman–Crippen MR) is 170 cm³/mol. The van der Waals surface area contributed by atoms with Crippen LogP contribution < -0.4 is 4.74 Å². The number of ether oxygens (including phenoxy) is 2. The summed E-state index contributed by atoms with van der Waals surface area (Å²) in [6.07, 6.45) is 23.4. The van der Waals surface area contributed by atoms with Crippen LogP contribution in [0.4, 0.5) is 5.69 Å². The van der Waals surface area contributed by atoms with Gasteiger partial charge in [0, 0.05) is 6.21 Å². The molecule has 2 aromatic carbocycles. The molecule has 0 amide bonds. The molecule has 0 saturated carbocycles. The third kappa shape index (κ3) is 15.8. The number of hydrogen-bond acceptors (Lipinski definition) is 4. The Morgan fingerprint density at radius 3 is 1.77 bits per heavy atom. The van der Waals surface area contributed by atoms with E-state index in [0.717, 1.165) is 36.4 Å². The van der Waals surface area contributed by atoms with E-state index in [4.69, 9.17) is 9.47 Å². The molecular formula is C36H55NO3. The van der Waals surface area contributed by atoms with Gasteiger partial charge in [-0.25, -0.2) is 4.79 Å². The zero-order valence-corrected chi connectivity index (χ0v) is 25.7. The third-order valence-electron chi connectivity index (χ3n) is 7.56. The highest BCUT2D eigenvalue weighted by Gasteiger charge is 2.08. The van der Waals surface area contributed by atoms with Gasteiger partial charge in [-0.05, 0) is 54.3 Å². The van der Waals surface area contributed by atoms with E-state index in [1.54, 1.807) is 18.3 Å². The number of unbranched alkanes of at least 4 members (excludes halogenated alkanes) is 14. The van der Waals surface area contributed by atoms with Crippen molar-refractivity contribution in [1.29, 1.82) is 0 Å². The highest BCUT2D eigenvalue weighted by molar-refractivity contribution is 5.91. The lowest BCUT2D eigenvalue weighted by Crippen LogP contribution is -2.11. The van der Waals surface area contributed by atoms with Gasteiger partial charge in [0.15, 0.2) is 0 Å². The molecule has 0 aliphatic rings. The maximum atomic E-state index is 12.1. The zero-order chi connectivity index (χ0) is 28.7. The average Bonchev–Trinajstić information content (AvgIpc) is 2.99. The number of carbonyl (C=O) groups is 1. The lowest BCUT2D eigenvalue weighted by Gasteiger charge is -2.09. The van der Waals surface area contributed by atoms with Gasteiger partial charge in [0.25, 0.3) is 0 Å². The van der Waals surface area contributed by atoms with Crippen LogP contribution >= 0.6 is 0 Å². The Morgan fingerprint density at radius 2 is 1.25 bits per heavy atom. The van der Waals surface area contributed by atoms with Gasteiger partial charge in [-0.3, -0.25) is 4.99 Å². The van der Waals surface area contributed by atoms with E-state index in [0.29, 0.717) is 18.1 Å². The summed E-state index contributed by atoms with van der Waals surface area (Å²) in [5, 5.41) is 0. The van der Waals surface area contributed by atoms with Crippen LogP contribution in [0.1, 0.15) is 139 Å². The Bertz CT molecular complexity index is 920. The molecule has 0 N–H and O–H groups in total. The van der Waals surface area contributed by atoms with E-state index in [-0.39, 0.29) is 5.97 Å². The second-order valence-electron chi connectivity index (χ2n) is 11.3. The van der Waals surface area contributed by atoms with E-state index in [1.807, 2.05) is 36.4 Å². The number of hydrogen-bond donors (Lipinski definition) is 0. The molecule has 4 nitrogen and oxygen atoms in total. The first-order chi connectivity index (χ1) is 19.6. The van der Waals surface area contributed by atoms with Gasteiger partial charge >= 0.3 is 5.97 Å². The van der Waals surface area contributed by atoms with Crippen molar-refractivity contribution in [2.24, 2.45) is 10.9 Å². The number of rotatable bonds is 23. The summed E-state index contributed by atoms with van der Waals surface area (Å²) in [6, 6.07) is 15.3. The van der Waals surface area contributed by atoms with Crippen LogP contribution in [-0.2, 0) is 4.74 Å². The molecule has 0 aromatic heterocycles. The molecule has 0 radical (unpaired) electrons. The first kappa shape index (κ1) is 33.6. The Morgan fingerprint density at radius 1 is 0.725 bits per heavy atom. The number of nitrogens with zero attached hydrogens (tertiary/aromatic N) is 1. The van der Waals surface area contributed by atoms with Crippen LogP contribution in [0.25, 0.3) is 0 Å². The molecule has 2 rings (SSSR count). The summed E-state index contributed by atoms with van der Waals surface area (Å²) in [5.41, 5.74) is 2.37. The monoisotopic (exact) mass is 549 g/mol. The molecule has 0 spiro atoms. The zero-order valence-electron chi connectivity index (χ0n) is 25.7. The fraction of sp³-hybridized carbons (Fsp3) is 0.611. The largest absolute Gasteiger partial charge is 0.494 e. The van der Waals surface area contributed by atoms with Gasteiger partial charge in [0.1, 0.15) is 5.75 Å². The van der Waals surface area contributed by atoms with E-state index >= 15 is 0 Å². The van der Waals surface area contributed by atoms with E-state index in [9.17, 15) is 4.79 Å². The maximum Gasteiger partial charge on any atom is 0.338 e. The minimum atomic E-state index is -0.274. The molecule has 222 valence electrons. The molecule has 0 saturated heterocycles. The Hall–Kier alpha value is -2.62. The van der Waals surface area contributed by atoms with Crippen LogP contribution in [0.3, 0.4) is 0 Å². The number of benzene rings is 2. The molecule has 0 bridgehead atoms. The van der Waals surface area contributed by atoms with E-state index in [2.05, 4.69) is 25.8 Å². The first-order valence-electron chi connectivity index (χ1n) is 16.2. The lowest BCUT2D eigenvalue weighted by molar-refractivity contribution is 0.0447. The van der Waals surface area contributed by atoms with Gasteiger partial charge in [-0.2, -0.15) is 0 Å². The summed E-state index contributed by atoms with van der Waals surface area (Å²) in [7, 11) is 0. The molecule has 40 heavy (non-hydrogen) atoms. The van der Waals surface area contributed by atoms with Crippen molar-refractivity contribution in [2.75, 3.05) is 13.2 Å². The second kappa shape index (κ2) is 22.1. The van der Waals surface area contributed by atoms with Crippen LogP contribution in [0, 0.1) is 5.92 Å². The van der Waals surface area contributed by atoms with Crippen molar-refractivity contribution in [3.8, 4) is 5.75 Å². The summed E-state index contributed by atoms with van der Waals surface area (Å²) < 4.78 is 11.3. The van der Waals surface area contributed by atoms with Crippen LogP contribution in [0.5, 0.6) is 5.75 Å². The topological polar surface area (TPSA) is 47.9 Å². The second-order valence-corrected chi connectivity index (χ2v) is 11.3. The molecule has 0 fully saturated rings. The summed E-state index contributed by atoms with van der Waals surface area (Å²) >= 11 is 0. The third-order valence-corrected chi connectivity index (χ3v) is 7.56. The van der Waals surface area contributed by atoms with Gasteiger partial charge < -0.3 is 9.47 Å². The lowest BCUT2D eigenvalue weighted by atomic mass is 10.0. The van der Waals surface area contributed by atoms with Crippen molar-refractivity contribution in [3.05, 3.63) is 59.7 Å². The molecule has 1 unspecified atom stereocenters. The number of aliphatic imine (C=N–C) groups is 1. The van der Waals surface area contributed by atoms with Gasteiger partial charge in [0.2, 0.25) is 0 Å². The van der Waals surface area contributed by atoms with Crippen molar-refractivity contribution in [3.63, 3.8) is 0 Å². The van der Waals surface area contributed by atoms with E-state index in [1.165, 1.54) is 89.9 Å². The van der Waals surface area contributed by atoms with Crippen molar-refractivity contribution >= 4 is 17.9 Å². The minimum absolute atomic E-state index is 0.274. The molecule has 0 heterocycles. The maximum absolute atomic E-state index is 12.1. The normalized spacial score (nSPS) is 12.1. The van der Waals surface area contributed by atoms with Gasteiger partial charge in [-0.1, -0.05) is 129 Å². The molecule has 2 aromatic rings. The van der Waals surface area contributed by atoms with Crippen LogP contribution in [0.2, 0.25) is 0 Å². The average molecular weight is 550 g/mol. The summed E-state index contributed by atoms with van der Waals surface area (Å²) in [6.45, 7) is 7.68. The fourth-order valence-electron chi connectivity index (χ4n) is 4.57.